The Kier molecular flexibility index (Phi) is 5.88. The van der Waals surface area contributed by atoms with Gasteiger partial charge in [0, 0.05) is 23.6 Å². The molecule has 3 aromatic rings. The molecule has 0 aliphatic carbocycles. The summed E-state index contributed by atoms with van der Waals surface area (Å²) in [5.74, 6) is 1.06. The first-order valence-electron chi connectivity index (χ1n) is 9.50. The number of nitrogens with one attached hydrogen (secondary N) is 1. The maximum absolute atomic E-state index is 12.7. The molecule has 0 amide bonds. The highest BCUT2D eigenvalue weighted by molar-refractivity contribution is 7.99. The minimum Gasteiger partial charge on any atom is -0.494 e. The van der Waals surface area contributed by atoms with Gasteiger partial charge in [-0.05, 0) is 42.0 Å². The van der Waals surface area contributed by atoms with Gasteiger partial charge in [0.1, 0.15) is 5.56 Å². The van der Waals surface area contributed by atoms with Gasteiger partial charge in [0.25, 0.3) is 5.56 Å². The van der Waals surface area contributed by atoms with E-state index in [-0.39, 0.29) is 21.5 Å². The van der Waals surface area contributed by atoms with E-state index in [1.165, 1.54) is 4.57 Å². The molecule has 0 saturated heterocycles. The Balaban J connectivity index is 1.88. The van der Waals surface area contributed by atoms with Crippen molar-refractivity contribution < 1.29 is 14.6 Å². The number of aromatic amines is 1. The SMILES string of the molecule is COc1ccc(C2CC(c3c(O)n(C)c(=S)[nH]c3=O)=Nc3ccccc3S2)cc1OC. The molecule has 0 fully saturated rings. The summed E-state index contributed by atoms with van der Waals surface area (Å²) in [6.07, 6.45) is 0.419. The average molecular weight is 456 g/mol. The predicted octanol–water partition coefficient (Wildman–Crippen LogP) is 4.52. The third-order valence-corrected chi connectivity index (χ3v) is 6.83. The van der Waals surface area contributed by atoms with Gasteiger partial charge >= 0.3 is 0 Å². The van der Waals surface area contributed by atoms with Crippen molar-refractivity contribution in [3.63, 3.8) is 0 Å². The van der Waals surface area contributed by atoms with E-state index < -0.39 is 5.56 Å². The summed E-state index contributed by atoms with van der Waals surface area (Å²) < 4.78 is 12.3. The number of ether oxygens (including phenoxy) is 2. The second kappa shape index (κ2) is 8.60. The number of H-pyrrole nitrogens is 1. The zero-order valence-electron chi connectivity index (χ0n) is 17.2. The zero-order valence-corrected chi connectivity index (χ0v) is 18.8. The lowest BCUT2D eigenvalue weighted by atomic mass is 10.0. The summed E-state index contributed by atoms with van der Waals surface area (Å²) in [5, 5.41) is 10.6. The van der Waals surface area contributed by atoms with E-state index in [9.17, 15) is 9.90 Å². The van der Waals surface area contributed by atoms with E-state index in [4.69, 9.17) is 26.7 Å². The molecule has 0 radical (unpaired) electrons. The fraction of sp³-hybridized carbons (Fsp3) is 0.227. The van der Waals surface area contributed by atoms with Crippen LogP contribution in [-0.4, -0.2) is 34.6 Å². The molecule has 0 saturated carbocycles. The number of aromatic hydroxyl groups is 1. The Bertz CT molecular complexity index is 1300. The van der Waals surface area contributed by atoms with Gasteiger partial charge in [-0.1, -0.05) is 18.2 Å². The van der Waals surface area contributed by atoms with Crippen LogP contribution in [0.1, 0.15) is 22.8 Å². The van der Waals surface area contributed by atoms with Crippen molar-refractivity contribution in [3.8, 4) is 17.4 Å². The summed E-state index contributed by atoms with van der Waals surface area (Å²) >= 11 is 6.76. The Morgan fingerprint density at radius 2 is 1.94 bits per heavy atom. The molecule has 31 heavy (non-hydrogen) atoms. The molecule has 1 aliphatic rings. The molecule has 0 bridgehead atoms. The standard InChI is InChI=1S/C22H21N3O4S2/c1-25-21(27)19(20(26)24-22(25)30)14-11-18(31-17-7-5-4-6-13(17)23-14)12-8-9-15(28-2)16(10-12)29-3/h4-10,18,27H,11H2,1-3H3,(H,24,26,30). The first kappa shape index (κ1) is 21.2. The lowest BCUT2D eigenvalue weighted by Gasteiger charge is -2.18. The highest BCUT2D eigenvalue weighted by atomic mass is 32.2. The number of hydrogen-bond acceptors (Lipinski definition) is 7. The van der Waals surface area contributed by atoms with Crippen LogP contribution in [0, 0.1) is 4.77 Å². The van der Waals surface area contributed by atoms with Gasteiger partial charge < -0.3 is 14.6 Å². The zero-order chi connectivity index (χ0) is 22.1. The number of hydrogen-bond donors (Lipinski definition) is 2. The van der Waals surface area contributed by atoms with E-state index in [0.29, 0.717) is 23.6 Å². The molecule has 2 N–H and O–H groups in total. The highest BCUT2D eigenvalue weighted by Crippen LogP contribution is 2.47. The van der Waals surface area contributed by atoms with Crippen molar-refractivity contribution in [2.75, 3.05) is 14.2 Å². The van der Waals surface area contributed by atoms with Crippen LogP contribution in [0.5, 0.6) is 17.4 Å². The topological polar surface area (TPSA) is 88.8 Å². The van der Waals surface area contributed by atoms with Crippen molar-refractivity contribution in [2.24, 2.45) is 12.0 Å². The third-order valence-electron chi connectivity index (χ3n) is 5.13. The fourth-order valence-electron chi connectivity index (χ4n) is 3.48. The number of benzene rings is 2. The largest absolute Gasteiger partial charge is 0.494 e. The number of rotatable bonds is 4. The molecule has 2 heterocycles. The summed E-state index contributed by atoms with van der Waals surface area (Å²) in [7, 11) is 4.79. The number of methoxy groups -OCH3 is 2. The van der Waals surface area contributed by atoms with Crippen molar-refractivity contribution in [1.82, 2.24) is 9.55 Å². The van der Waals surface area contributed by atoms with Crippen LogP contribution in [0.15, 0.2) is 57.1 Å². The van der Waals surface area contributed by atoms with Crippen LogP contribution in [0.2, 0.25) is 0 Å². The summed E-state index contributed by atoms with van der Waals surface area (Å²) in [6.45, 7) is 0. The second-order valence-electron chi connectivity index (χ2n) is 6.97. The number of fused-ring (bicyclic) bond motifs is 1. The molecule has 0 spiro atoms. The van der Waals surface area contributed by atoms with Crippen LogP contribution >= 0.6 is 24.0 Å². The van der Waals surface area contributed by atoms with Gasteiger partial charge in [-0.2, -0.15) is 0 Å². The van der Waals surface area contributed by atoms with Crippen LogP contribution < -0.4 is 15.0 Å². The number of para-hydroxylation sites is 1. The van der Waals surface area contributed by atoms with Gasteiger partial charge in [0.05, 0.1) is 25.6 Å². The van der Waals surface area contributed by atoms with Gasteiger partial charge in [-0.25, -0.2) is 0 Å². The van der Waals surface area contributed by atoms with Crippen molar-refractivity contribution in [2.45, 2.75) is 16.6 Å². The predicted molar refractivity (Wildman–Crippen MR) is 124 cm³/mol. The van der Waals surface area contributed by atoms with Crippen LogP contribution in [0.25, 0.3) is 0 Å². The number of aromatic nitrogens is 2. The summed E-state index contributed by atoms with van der Waals surface area (Å²) in [4.78, 5) is 21.1. The molecule has 1 aromatic heterocycles. The van der Waals surface area contributed by atoms with Crippen LogP contribution in [0.3, 0.4) is 0 Å². The molecule has 1 atom stereocenters. The van der Waals surface area contributed by atoms with Crippen molar-refractivity contribution >= 4 is 35.4 Å². The van der Waals surface area contributed by atoms with Crippen LogP contribution in [0.4, 0.5) is 5.69 Å². The van der Waals surface area contributed by atoms with E-state index in [2.05, 4.69) is 4.98 Å². The molecule has 4 rings (SSSR count). The number of thioether (sulfide) groups is 1. The normalized spacial score (nSPS) is 15.6. The lowest BCUT2D eigenvalue weighted by Crippen LogP contribution is -2.23. The van der Waals surface area contributed by atoms with E-state index in [0.717, 1.165) is 16.1 Å². The minimum atomic E-state index is -0.463. The fourth-order valence-corrected chi connectivity index (χ4v) is 4.88. The molecule has 7 nitrogen and oxygen atoms in total. The minimum absolute atomic E-state index is 0.0745. The van der Waals surface area contributed by atoms with Gasteiger partial charge in [-0.3, -0.25) is 19.3 Å². The lowest BCUT2D eigenvalue weighted by molar-refractivity contribution is 0.354. The molecule has 9 heteroatoms. The first-order valence-corrected chi connectivity index (χ1v) is 10.8. The summed E-state index contributed by atoms with van der Waals surface area (Å²) in [6, 6.07) is 13.5. The molecule has 2 aromatic carbocycles. The van der Waals surface area contributed by atoms with E-state index >= 15 is 0 Å². The van der Waals surface area contributed by atoms with Crippen LogP contribution in [-0.2, 0) is 7.05 Å². The number of aliphatic imine (C=N–C) groups is 1. The smallest absolute Gasteiger partial charge is 0.264 e. The maximum atomic E-state index is 12.7. The summed E-state index contributed by atoms with van der Waals surface area (Å²) in [5.41, 5.74) is 1.89. The molecular formula is C22H21N3O4S2. The highest BCUT2D eigenvalue weighted by Gasteiger charge is 2.27. The monoisotopic (exact) mass is 455 g/mol. The van der Waals surface area contributed by atoms with E-state index in [1.54, 1.807) is 33.0 Å². The van der Waals surface area contributed by atoms with Crippen molar-refractivity contribution in [1.29, 1.82) is 0 Å². The second-order valence-corrected chi connectivity index (χ2v) is 8.60. The van der Waals surface area contributed by atoms with E-state index in [1.807, 2.05) is 42.5 Å². The Labute approximate surface area is 188 Å². The molecule has 1 aliphatic heterocycles. The molecule has 160 valence electrons. The quantitative estimate of drug-likeness (QED) is 0.562. The Morgan fingerprint density at radius 1 is 1.19 bits per heavy atom. The van der Waals surface area contributed by atoms with Gasteiger partial charge in [0.15, 0.2) is 16.3 Å². The van der Waals surface area contributed by atoms with Gasteiger partial charge in [-0.15, -0.1) is 11.8 Å². The van der Waals surface area contributed by atoms with Gasteiger partial charge in [0.2, 0.25) is 5.88 Å². The average Bonchev–Trinajstić information content (AvgIpc) is 2.96. The maximum Gasteiger partial charge on any atom is 0.264 e. The number of nitrogens with zero attached hydrogens (tertiary/aromatic N) is 2. The molecule has 1 unspecified atom stereocenters. The Morgan fingerprint density at radius 3 is 2.68 bits per heavy atom. The van der Waals surface area contributed by atoms with Crippen molar-refractivity contribution in [3.05, 3.63) is 68.7 Å². The third kappa shape index (κ3) is 3.98. The molecular weight excluding hydrogens is 434 g/mol. The Hall–Kier alpha value is -3.04. The first-order chi connectivity index (χ1) is 14.9.